The molecule has 1 aromatic rings. The number of aromatic nitrogens is 3. The minimum atomic E-state index is -0.287. The van der Waals surface area contributed by atoms with Crippen molar-refractivity contribution in [1.82, 2.24) is 19.7 Å². The molecule has 0 saturated carbocycles. The highest BCUT2D eigenvalue weighted by atomic mass is 19.1. The average molecular weight is 539 g/mol. The lowest BCUT2D eigenvalue weighted by atomic mass is 10.0. The lowest BCUT2D eigenvalue weighted by Gasteiger charge is -2.19. The van der Waals surface area contributed by atoms with Crippen LogP contribution in [0.3, 0.4) is 0 Å². The molecule has 1 amide bonds. The first-order chi connectivity index (χ1) is 18.8. The molecule has 3 rings (SSSR count). The molecule has 0 aromatic carbocycles. The Labute approximate surface area is 232 Å². The predicted octanol–water partition coefficient (Wildman–Crippen LogP) is 7.13. The Balaban J connectivity index is 0.000000277. The van der Waals surface area contributed by atoms with Crippen LogP contribution in [0.5, 0.6) is 0 Å². The van der Waals surface area contributed by atoms with E-state index in [4.69, 9.17) is 4.74 Å². The van der Waals surface area contributed by atoms with Crippen molar-refractivity contribution in [3.63, 3.8) is 0 Å². The van der Waals surface area contributed by atoms with Crippen LogP contribution in [0.1, 0.15) is 95.1 Å². The third kappa shape index (κ3) is 8.22. The van der Waals surface area contributed by atoms with Gasteiger partial charge in [0, 0.05) is 37.6 Å². The topological polar surface area (TPSA) is 77.3 Å². The zero-order valence-electron chi connectivity index (χ0n) is 24.3. The monoisotopic (exact) mass is 538 g/mol. The standard InChI is InChI=1S/C16H20FN3O.C15H23NO2/c1-4-7-11(12(17)6-3)13-9-10-15-18-16(19-20(13)15)14(21)8-5-2;1-5-8-13(18-4)11-12-9-7-10-15(17)16(3)14(12)6-2/h4,6-7,13H,1,5,8-10H2,2-3H3;6,8,11H,5,7,9-10H2,1-4H3/b11-7+,12-6+;12-11-,13-8-,14-6+. The van der Waals surface area contributed by atoms with Crippen molar-refractivity contribution in [3.05, 3.63) is 83.1 Å². The number of ketones is 1. The van der Waals surface area contributed by atoms with Crippen molar-refractivity contribution in [2.45, 2.75) is 85.1 Å². The van der Waals surface area contributed by atoms with Crippen LogP contribution in [0.15, 0.2) is 71.5 Å². The number of carbonyl (C=O) groups excluding carboxylic acids is 2. The Morgan fingerprint density at radius 1 is 1.23 bits per heavy atom. The van der Waals surface area contributed by atoms with Gasteiger partial charge in [-0.3, -0.25) is 9.59 Å². The summed E-state index contributed by atoms with van der Waals surface area (Å²) in [6, 6.07) is -0.218. The Kier molecular flexibility index (Phi) is 12.8. The Morgan fingerprint density at radius 3 is 2.56 bits per heavy atom. The van der Waals surface area contributed by atoms with E-state index in [9.17, 15) is 14.0 Å². The molecule has 1 aromatic heterocycles. The minimum absolute atomic E-state index is 0.0566. The van der Waals surface area contributed by atoms with Crippen molar-refractivity contribution >= 4 is 11.7 Å². The van der Waals surface area contributed by atoms with Crippen LogP contribution in [-0.4, -0.2) is 45.5 Å². The number of ether oxygens (including phenoxy) is 1. The zero-order chi connectivity index (χ0) is 28.9. The molecule has 1 unspecified atom stereocenters. The number of allylic oxidation sites excluding steroid dienone is 9. The molecule has 0 bridgehead atoms. The van der Waals surface area contributed by atoms with Gasteiger partial charge in [0.1, 0.15) is 17.4 Å². The van der Waals surface area contributed by atoms with Gasteiger partial charge in [-0.15, -0.1) is 5.10 Å². The molecule has 2 aliphatic heterocycles. The quantitative estimate of drug-likeness (QED) is 0.190. The molecule has 39 heavy (non-hydrogen) atoms. The second-order valence-corrected chi connectivity index (χ2v) is 9.39. The van der Waals surface area contributed by atoms with Gasteiger partial charge in [-0.1, -0.05) is 44.7 Å². The molecular formula is C31H43FN4O3. The molecule has 1 fully saturated rings. The molecule has 1 atom stereocenters. The fraction of sp³-hybridized carbons (Fsp3) is 0.484. The maximum Gasteiger partial charge on any atom is 0.226 e. The third-order valence-electron chi connectivity index (χ3n) is 6.68. The van der Waals surface area contributed by atoms with Crippen LogP contribution in [-0.2, 0) is 16.0 Å². The van der Waals surface area contributed by atoms with E-state index >= 15 is 0 Å². The number of rotatable bonds is 9. The summed E-state index contributed by atoms with van der Waals surface area (Å²) in [5.41, 5.74) is 2.70. The highest BCUT2D eigenvalue weighted by Gasteiger charge is 2.31. The second kappa shape index (κ2) is 15.8. The lowest BCUT2D eigenvalue weighted by Crippen LogP contribution is -2.24. The summed E-state index contributed by atoms with van der Waals surface area (Å²) >= 11 is 0. The van der Waals surface area contributed by atoms with Crippen molar-refractivity contribution < 1.29 is 18.7 Å². The first kappa shape index (κ1) is 31.7. The van der Waals surface area contributed by atoms with Gasteiger partial charge in [0.05, 0.1) is 13.2 Å². The lowest BCUT2D eigenvalue weighted by molar-refractivity contribution is -0.127. The van der Waals surface area contributed by atoms with E-state index < -0.39 is 0 Å². The number of fused-ring (bicyclic) bond motifs is 1. The smallest absolute Gasteiger partial charge is 0.226 e. The molecule has 0 radical (unpaired) electrons. The Hall–Kier alpha value is -3.55. The predicted molar refractivity (Wildman–Crippen MR) is 154 cm³/mol. The van der Waals surface area contributed by atoms with E-state index in [1.54, 1.807) is 35.8 Å². The highest BCUT2D eigenvalue weighted by molar-refractivity contribution is 5.92. The van der Waals surface area contributed by atoms with Gasteiger partial charge in [0.2, 0.25) is 17.5 Å². The van der Waals surface area contributed by atoms with Crippen LogP contribution in [0.4, 0.5) is 4.39 Å². The van der Waals surface area contributed by atoms with E-state index in [0.717, 1.165) is 49.4 Å². The van der Waals surface area contributed by atoms with Crippen molar-refractivity contribution in [2.75, 3.05) is 14.2 Å². The highest BCUT2D eigenvalue weighted by Crippen LogP contribution is 2.35. The second-order valence-electron chi connectivity index (χ2n) is 9.39. The average Bonchev–Trinajstić information content (AvgIpc) is 3.49. The van der Waals surface area contributed by atoms with Crippen LogP contribution in [0, 0.1) is 0 Å². The number of likely N-dealkylation sites (N-methyl/N-ethyl adjacent to an activating group) is 1. The fourth-order valence-electron chi connectivity index (χ4n) is 4.73. The number of likely N-dealkylation sites (tertiary alicyclic amines) is 1. The minimum Gasteiger partial charge on any atom is -0.497 e. The number of halogens is 1. The van der Waals surface area contributed by atoms with Crippen LogP contribution in [0.25, 0.3) is 0 Å². The normalized spacial score (nSPS) is 20.5. The largest absolute Gasteiger partial charge is 0.497 e. The molecule has 2 aliphatic rings. The van der Waals surface area contributed by atoms with Gasteiger partial charge in [0.15, 0.2) is 0 Å². The van der Waals surface area contributed by atoms with Crippen molar-refractivity contribution in [3.8, 4) is 0 Å². The van der Waals surface area contributed by atoms with E-state index in [1.807, 2.05) is 39.1 Å². The van der Waals surface area contributed by atoms with Crippen LogP contribution in [0.2, 0.25) is 0 Å². The molecule has 8 heteroatoms. The number of amides is 1. The van der Waals surface area contributed by atoms with E-state index in [2.05, 4.69) is 23.6 Å². The zero-order valence-corrected chi connectivity index (χ0v) is 24.3. The summed E-state index contributed by atoms with van der Waals surface area (Å²) in [5.74, 6) is 1.71. The fourth-order valence-corrected chi connectivity index (χ4v) is 4.73. The van der Waals surface area contributed by atoms with E-state index in [1.165, 1.54) is 11.6 Å². The molecular weight excluding hydrogens is 495 g/mol. The molecule has 212 valence electrons. The van der Waals surface area contributed by atoms with Gasteiger partial charge >= 0.3 is 0 Å². The molecule has 1 saturated heterocycles. The number of hydrogen-bond donors (Lipinski definition) is 0. The summed E-state index contributed by atoms with van der Waals surface area (Å²) in [6.45, 7) is 11.3. The first-order valence-electron chi connectivity index (χ1n) is 13.8. The van der Waals surface area contributed by atoms with Gasteiger partial charge in [-0.2, -0.15) is 0 Å². The SMILES string of the molecule is C=C/C=C(\C(F)=C/C)C1CCc2nc(C(=O)CCC)nn21.C\C=C1/C(=C\C(=C\CC)OC)CCCC(=O)N1C. The molecule has 3 heterocycles. The van der Waals surface area contributed by atoms with E-state index in [0.29, 0.717) is 24.8 Å². The summed E-state index contributed by atoms with van der Waals surface area (Å²) in [7, 11) is 3.52. The number of methoxy groups -OCH3 is 1. The van der Waals surface area contributed by atoms with E-state index in [-0.39, 0.29) is 29.4 Å². The molecule has 0 aliphatic carbocycles. The number of nitrogens with zero attached hydrogens (tertiary/aromatic N) is 4. The van der Waals surface area contributed by atoms with Crippen LogP contribution < -0.4 is 0 Å². The van der Waals surface area contributed by atoms with Gasteiger partial charge in [-0.05, 0) is 63.7 Å². The number of hydrogen-bond acceptors (Lipinski definition) is 5. The van der Waals surface area contributed by atoms with Gasteiger partial charge in [-0.25, -0.2) is 14.1 Å². The Bertz CT molecular complexity index is 1190. The third-order valence-corrected chi connectivity index (χ3v) is 6.68. The number of aryl methyl sites for hydroxylation is 1. The summed E-state index contributed by atoms with van der Waals surface area (Å²) in [5, 5.41) is 4.30. The maximum atomic E-state index is 14.0. The molecule has 0 spiro atoms. The number of carbonyl (C=O) groups is 2. The van der Waals surface area contributed by atoms with Crippen molar-refractivity contribution in [1.29, 1.82) is 0 Å². The van der Waals surface area contributed by atoms with Crippen LogP contribution >= 0.6 is 0 Å². The Morgan fingerprint density at radius 2 is 1.97 bits per heavy atom. The summed E-state index contributed by atoms with van der Waals surface area (Å²) in [4.78, 5) is 29.8. The molecule has 7 nitrogen and oxygen atoms in total. The summed E-state index contributed by atoms with van der Waals surface area (Å²) in [6.07, 6.45) is 16.7. The summed E-state index contributed by atoms with van der Waals surface area (Å²) < 4.78 is 21.1. The van der Waals surface area contributed by atoms with Crippen molar-refractivity contribution in [2.24, 2.45) is 0 Å². The maximum absolute atomic E-state index is 14.0. The molecule has 0 N–H and O–H groups in total. The van der Waals surface area contributed by atoms with Gasteiger partial charge in [0.25, 0.3) is 0 Å². The van der Waals surface area contributed by atoms with Gasteiger partial charge < -0.3 is 9.64 Å². The first-order valence-corrected chi connectivity index (χ1v) is 13.8. The number of Topliss-reactive ketones (excluding diaryl/α,β-unsaturated/α-hetero) is 1.